The van der Waals surface area contributed by atoms with E-state index in [1.807, 2.05) is 12.1 Å². The molecule has 0 aromatic heterocycles. The minimum Gasteiger partial charge on any atom is -0.369 e. The molecule has 0 heterocycles. The number of nitrogens with one attached hydrogen (secondary N) is 1. The maximum atomic E-state index is 12.5. The molecule has 2 saturated carbocycles. The van der Waals surface area contributed by atoms with Gasteiger partial charge in [0.2, 0.25) is 11.8 Å². The molecule has 0 unspecified atom stereocenters. The average molecular weight is 300 g/mol. The zero-order chi connectivity index (χ0) is 15.7. The van der Waals surface area contributed by atoms with Gasteiger partial charge in [-0.1, -0.05) is 37.1 Å². The third kappa shape index (κ3) is 3.01. The Morgan fingerprint density at radius 2 is 1.86 bits per heavy atom. The number of carbonyl (C=O) groups is 2. The van der Waals surface area contributed by atoms with Gasteiger partial charge in [-0.15, -0.1) is 0 Å². The second-order valence-corrected chi connectivity index (χ2v) is 6.71. The van der Waals surface area contributed by atoms with Crippen LogP contribution in [0.4, 0.5) is 0 Å². The molecule has 1 aromatic carbocycles. The van der Waals surface area contributed by atoms with Gasteiger partial charge in [0, 0.05) is 12.0 Å². The molecule has 0 radical (unpaired) electrons. The first-order valence-electron chi connectivity index (χ1n) is 8.23. The van der Waals surface area contributed by atoms with Crippen LogP contribution in [0.3, 0.4) is 0 Å². The van der Waals surface area contributed by atoms with Crippen LogP contribution in [0.25, 0.3) is 0 Å². The van der Waals surface area contributed by atoms with Gasteiger partial charge in [-0.3, -0.25) is 9.59 Å². The first-order chi connectivity index (χ1) is 10.6. The Hall–Kier alpha value is -1.84. The zero-order valence-corrected chi connectivity index (χ0v) is 13.0. The summed E-state index contributed by atoms with van der Waals surface area (Å²) in [7, 11) is 0. The fraction of sp³-hybridized carbons (Fsp3) is 0.556. The molecule has 3 N–H and O–H groups in total. The van der Waals surface area contributed by atoms with Crippen LogP contribution >= 0.6 is 0 Å². The number of primary amides is 1. The van der Waals surface area contributed by atoms with Gasteiger partial charge in [0.15, 0.2) is 0 Å². The van der Waals surface area contributed by atoms with E-state index in [4.69, 9.17) is 5.73 Å². The largest absolute Gasteiger partial charge is 0.369 e. The van der Waals surface area contributed by atoms with Gasteiger partial charge in [-0.05, 0) is 43.2 Å². The van der Waals surface area contributed by atoms with Gasteiger partial charge in [0.05, 0.1) is 5.92 Å². The van der Waals surface area contributed by atoms with Crippen LogP contribution in [-0.4, -0.2) is 17.9 Å². The Morgan fingerprint density at radius 3 is 2.59 bits per heavy atom. The van der Waals surface area contributed by atoms with Crippen LogP contribution in [0, 0.1) is 18.8 Å². The summed E-state index contributed by atoms with van der Waals surface area (Å²) < 4.78 is 0. The Morgan fingerprint density at radius 1 is 1.14 bits per heavy atom. The molecule has 0 bridgehead atoms. The van der Waals surface area contributed by atoms with Crippen molar-refractivity contribution >= 4 is 11.8 Å². The standard InChI is InChI=1S/C18H24N2O2/c1-11-6-2-3-7-12(11)14-10-15(14)18(22)20-16-9-5-4-8-13(16)17(19)21/h2-3,6-7,13-16H,4-5,8-10H2,1H3,(H2,19,21)(H,20,22)/t13-,14+,15+,16+/m1/s1. The van der Waals surface area contributed by atoms with Gasteiger partial charge < -0.3 is 11.1 Å². The molecular weight excluding hydrogens is 276 g/mol. The number of carbonyl (C=O) groups excluding carboxylic acids is 2. The fourth-order valence-corrected chi connectivity index (χ4v) is 3.77. The second-order valence-electron chi connectivity index (χ2n) is 6.71. The number of hydrogen-bond acceptors (Lipinski definition) is 2. The summed E-state index contributed by atoms with van der Waals surface area (Å²) in [6.45, 7) is 2.09. The third-order valence-corrected chi connectivity index (χ3v) is 5.17. The summed E-state index contributed by atoms with van der Waals surface area (Å²) in [6.07, 6.45) is 4.65. The normalized spacial score (nSPS) is 30.6. The summed E-state index contributed by atoms with van der Waals surface area (Å²) in [5.74, 6) is -0.00983. The molecule has 1 aromatic rings. The Bertz CT molecular complexity index is 584. The lowest BCUT2D eigenvalue weighted by Gasteiger charge is -2.30. The first kappa shape index (κ1) is 15.1. The molecule has 22 heavy (non-hydrogen) atoms. The van der Waals surface area contributed by atoms with E-state index < -0.39 is 0 Å². The lowest BCUT2D eigenvalue weighted by atomic mass is 9.84. The van der Waals surface area contributed by atoms with E-state index in [2.05, 4.69) is 24.4 Å². The quantitative estimate of drug-likeness (QED) is 0.895. The average Bonchev–Trinajstić information content (AvgIpc) is 3.28. The van der Waals surface area contributed by atoms with Crippen molar-refractivity contribution in [1.82, 2.24) is 5.32 Å². The van der Waals surface area contributed by atoms with Crippen molar-refractivity contribution in [2.45, 2.75) is 51.0 Å². The fourth-order valence-electron chi connectivity index (χ4n) is 3.77. The predicted octanol–water partition coefficient (Wildman–Crippen LogP) is 2.26. The number of nitrogens with two attached hydrogens (primary N) is 1. The van der Waals surface area contributed by atoms with Crippen LogP contribution in [0.1, 0.15) is 49.1 Å². The minimum atomic E-state index is -0.281. The van der Waals surface area contributed by atoms with Crippen molar-refractivity contribution in [3.05, 3.63) is 35.4 Å². The van der Waals surface area contributed by atoms with Gasteiger partial charge >= 0.3 is 0 Å². The van der Waals surface area contributed by atoms with Crippen molar-refractivity contribution in [1.29, 1.82) is 0 Å². The Labute approximate surface area is 131 Å². The molecule has 4 nitrogen and oxygen atoms in total. The van der Waals surface area contributed by atoms with E-state index in [0.29, 0.717) is 5.92 Å². The summed E-state index contributed by atoms with van der Waals surface area (Å²) in [4.78, 5) is 24.0. The summed E-state index contributed by atoms with van der Waals surface area (Å²) in [5, 5.41) is 3.09. The van der Waals surface area contributed by atoms with E-state index in [-0.39, 0.29) is 29.7 Å². The monoisotopic (exact) mass is 300 g/mol. The zero-order valence-electron chi connectivity index (χ0n) is 13.0. The Balaban J connectivity index is 1.61. The maximum absolute atomic E-state index is 12.5. The van der Waals surface area contributed by atoms with Crippen molar-refractivity contribution in [2.75, 3.05) is 0 Å². The van der Waals surface area contributed by atoms with E-state index >= 15 is 0 Å². The molecule has 2 aliphatic rings. The number of hydrogen-bond donors (Lipinski definition) is 2. The smallest absolute Gasteiger partial charge is 0.223 e. The summed E-state index contributed by atoms with van der Waals surface area (Å²) in [5.41, 5.74) is 7.99. The van der Waals surface area contributed by atoms with Crippen molar-refractivity contribution in [3.8, 4) is 0 Å². The highest BCUT2D eigenvalue weighted by Gasteiger charge is 2.45. The highest BCUT2D eigenvalue weighted by Crippen LogP contribution is 2.48. The van der Waals surface area contributed by atoms with Crippen LogP contribution in [-0.2, 0) is 9.59 Å². The van der Waals surface area contributed by atoms with Gasteiger partial charge in [0.1, 0.15) is 0 Å². The van der Waals surface area contributed by atoms with E-state index in [1.165, 1.54) is 11.1 Å². The van der Waals surface area contributed by atoms with E-state index in [9.17, 15) is 9.59 Å². The van der Waals surface area contributed by atoms with Crippen LogP contribution < -0.4 is 11.1 Å². The summed E-state index contributed by atoms with van der Waals surface area (Å²) >= 11 is 0. The molecule has 2 aliphatic carbocycles. The summed E-state index contributed by atoms with van der Waals surface area (Å²) in [6, 6.07) is 8.18. The number of benzene rings is 1. The highest BCUT2D eigenvalue weighted by atomic mass is 16.2. The van der Waals surface area contributed by atoms with Crippen molar-refractivity contribution in [2.24, 2.45) is 17.6 Å². The molecule has 3 rings (SSSR count). The van der Waals surface area contributed by atoms with Crippen LogP contribution in [0.2, 0.25) is 0 Å². The second kappa shape index (κ2) is 6.11. The Kier molecular flexibility index (Phi) is 4.19. The molecule has 118 valence electrons. The molecule has 0 saturated heterocycles. The predicted molar refractivity (Wildman–Crippen MR) is 85.1 cm³/mol. The first-order valence-corrected chi connectivity index (χ1v) is 8.23. The van der Waals surface area contributed by atoms with Crippen LogP contribution in [0.5, 0.6) is 0 Å². The number of rotatable bonds is 4. The van der Waals surface area contributed by atoms with E-state index in [0.717, 1.165) is 32.1 Å². The van der Waals surface area contributed by atoms with Crippen molar-refractivity contribution in [3.63, 3.8) is 0 Å². The highest BCUT2D eigenvalue weighted by molar-refractivity contribution is 5.84. The number of amides is 2. The minimum absolute atomic E-state index is 0.0524. The molecule has 0 spiro atoms. The number of aryl methyl sites for hydroxylation is 1. The molecule has 2 fully saturated rings. The lowest BCUT2D eigenvalue weighted by molar-refractivity contribution is -0.126. The van der Waals surface area contributed by atoms with Gasteiger partial charge in [-0.2, -0.15) is 0 Å². The molecule has 2 amide bonds. The van der Waals surface area contributed by atoms with E-state index in [1.54, 1.807) is 0 Å². The lowest BCUT2D eigenvalue weighted by Crippen LogP contribution is -2.47. The molecular formula is C18H24N2O2. The topological polar surface area (TPSA) is 72.2 Å². The molecule has 4 heteroatoms. The molecule has 0 aliphatic heterocycles. The SMILES string of the molecule is Cc1ccccc1[C@@H]1C[C@@H]1C(=O)N[C@H]1CCCC[C@H]1C(N)=O. The maximum Gasteiger partial charge on any atom is 0.223 e. The van der Waals surface area contributed by atoms with Gasteiger partial charge in [0.25, 0.3) is 0 Å². The van der Waals surface area contributed by atoms with Crippen LogP contribution in [0.15, 0.2) is 24.3 Å². The third-order valence-electron chi connectivity index (χ3n) is 5.17. The van der Waals surface area contributed by atoms with Crippen molar-refractivity contribution < 1.29 is 9.59 Å². The van der Waals surface area contributed by atoms with Gasteiger partial charge in [-0.25, -0.2) is 0 Å². The molecule has 4 atom stereocenters.